The van der Waals surface area contributed by atoms with Crippen LogP contribution in [0.25, 0.3) is 6.08 Å². The summed E-state index contributed by atoms with van der Waals surface area (Å²) in [6.45, 7) is 7.20. The molecule has 1 amide bonds. The second-order valence-corrected chi connectivity index (χ2v) is 7.32. The third kappa shape index (κ3) is 3.55. The quantitative estimate of drug-likeness (QED) is 0.579. The van der Waals surface area contributed by atoms with E-state index in [2.05, 4.69) is 42.7 Å². The maximum atomic E-state index is 13.0. The van der Waals surface area contributed by atoms with Crippen LogP contribution in [0, 0.1) is 25.2 Å². The molecule has 140 valence electrons. The largest absolute Gasteiger partial charge is 0.349 e. The minimum Gasteiger partial charge on any atom is -0.349 e. The first kappa shape index (κ1) is 19.0. The van der Waals surface area contributed by atoms with Crippen molar-refractivity contribution >= 4 is 12.0 Å². The Morgan fingerprint density at radius 1 is 1.37 bits per heavy atom. The van der Waals surface area contributed by atoms with E-state index in [1.54, 1.807) is 18.0 Å². The van der Waals surface area contributed by atoms with Gasteiger partial charge in [0.05, 0.1) is 6.04 Å². The Morgan fingerprint density at radius 2 is 2.11 bits per heavy atom. The number of aryl methyl sites for hydroxylation is 2. The molecule has 0 fully saturated rings. The van der Waals surface area contributed by atoms with Crippen LogP contribution in [0.4, 0.5) is 0 Å². The van der Waals surface area contributed by atoms with E-state index in [0.29, 0.717) is 0 Å². The summed E-state index contributed by atoms with van der Waals surface area (Å²) in [6, 6.07) is 12.5. The van der Waals surface area contributed by atoms with Crippen LogP contribution in [0.3, 0.4) is 0 Å². The Balaban J connectivity index is 1.88. The predicted octanol–water partition coefficient (Wildman–Crippen LogP) is 4.57. The van der Waals surface area contributed by atoms with E-state index in [-0.39, 0.29) is 17.5 Å². The Bertz CT molecular complexity index is 930. The molecule has 1 atom stereocenters. The number of fused-ring (bicyclic) bond motifs is 1. The average Bonchev–Trinajstić information content (AvgIpc) is 3.21. The van der Waals surface area contributed by atoms with E-state index in [1.165, 1.54) is 11.1 Å². The van der Waals surface area contributed by atoms with Gasteiger partial charge in [0.1, 0.15) is 11.6 Å². The standard InChI is InChI=1S/C23H27N3O/c1-5-12-26-16(2)13-19(17(26)3)14-20(15-24)23(27)25(4)22-11-10-18-8-6-7-9-21(18)22/h6-9,13-14,22H,5,10-12H2,1-4H3/b20-14+. The number of carbonyl (C=O) groups is 1. The first-order valence-electron chi connectivity index (χ1n) is 9.61. The van der Waals surface area contributed by atoms with Crippen LogP contribution >= 0.6 is 0 Å². The van der Waals surface area contributed by atoms with E-state index < -0.39 is 0 Å². The van der Waals surface area contributed by atoms with Crippen LogP contribution in [0.5, 0.6) is 0 Å². The van der Waals surface area contributed by atoms with Crippen molar-refractivity contribution in [2.45, 2.75) is 52.6 Å². The minimum atomic E-state index is -0.209. The Labute approximate surface area is 161 Å². The number of nitrogens with zero attached hydrogens (tertiary/aromatic N) is 3. The van der Waals surface area contributed by atoms with Gasteiger partial charge in [-0.05, 0) is 61.9 Å². The number of benzene rings is 1. The molecule has 3 rings (SSSR count). The van der Waals surface area contributed by atoms with Crippen LogP contribution in [-0.2, 0) is 17.8 Å². The number of aromatic nitrogens is 1. The van der Waals surface area contributed by atoms with Crippen molar-refractivity contribution in [3.8, 4) is 6.07 Å². The number of likely N-dealkylation sites (N-methyl/N-ethyl adjacent to an activating group) is 1. The van der Waals surface area contributed by atoms with E-state index >= 15 is 0 Å². The maximum Gasteiger partial charge on any atom is 0.264 e. The van der Waals surface area contributed by atoms with Crippen LogP contribution in [0.15, 0.2) is 35.9 Å². The monoisotopic (exact) mass is 361 g/mol. The van der Waals surface area contributed by atoms with Crippen molar-refractivity contribution in [3.63, 3.8) is 0 Å². The van der Waals surface area contributed by atoms with Crippen LogP contribution in [0.2, 0.25) is 0 Å². The van der Waals surface area contributed by atoms with Gasteiger partial charge in [-0.25, -0.2) is 0 Å². The molecule has 4 nitrogen and oxygen atoms in total. The molecule has 0 radical (unpaired) electrons. The van der Waals surface area contributed by atoms with Gasteiger partial charge in [0.2, 0.25) is 0 Å². The van der Waals surface area contributed by atoms with Crippen molar-refractivity contribution in [1.29, 1.82) is 5.26 Å². The average molecular weight is 361 g/mol. The Hall–Kier alpha value is -2.80. The molecule has 2 aromatic rings. The van der Waals surface area contributed by atoms with Crippen LogP contribution < -0.4 is 0 Å². The van der Waals surface area contributed by atoms with E-state index in [9.17, 15) is 10.1 Å². The lowest BCUT2D eigenvalue weighted by atomic mass is 10.1. The van der Waals surface area contributed by atoms with Gasteiger partial charge in [-0.15, -0.1) is 0 Å². The highest BCUT2D eigenvalue weighted by Gasteiger charge is 2.29. The molecule has 0 saturated heterocycles. The maximum absolute atomic E-state index is 13.0. The molecule has 1 aliphatic rings. The molecular formula is C23H27N3O. The minimum absolute atomic E-state index is 0.0398. The Morgan fingerprint density at radius 3 is 2.81 bits per heavy atom. The smallest absolute Gasteiger partial charge is 0.264 e. The summed E-state index contributed by atoms with van der Waals surface area (Å²) in [4.78, 5) is 14.8. The lowest BCUT2D eigenvalue weighted by molar-refractivity contribution is -0.127. The van der Waals surface area contributed by atoms with Gasteiger partial charge in [-0.3, -0.25) is 4.79 Å². The summed E-state index contributed by atoms with van der Waals surface area (Å²) in [5.74, 6) is -0.209. The number of nitriles is 1. The molecule has 1 unspecified atom stereocenters. The molecule has 1 aliphatic carbocycles. The molecule has 0 spiro atoms. The fourth-order valence-corrected chi connectivity index (χ4v) is 4.11. The van der Waals surface area contributed by atoms with Crippen molar-refractivity contribution < 1.29 is 4.79 Å². The van der Waals surface area contributed by atoms with Gasteiger partial charge in [0.25, 0.3) is 5.91 Å². The van der Waals surface area contributed by atoms with Gasteiger partial charge in [-0.2, -0.15) is 5.26 Å². The zero-order chi connectivity index (χ0) is 19.6. The van der Waals surface area contributed by atoms with Gasteiger partial charge in [0.15, 0.2) is 0 Å². The molecule has 4 heteroatoms. The van der Waals surface area contributed by atoms with E-state index in [1.807, 2.05) is 19.1 Å². The molecule has 0 N–H and O–H groups in total. The van der Waals surface area contributed by atoms with Gasteiger partial charge >= 0.3 is 0 Å². The normalized spacial score (nSPS) is 16.1. The van der Waals surface area contributed by atoms with Crippen molar-refractivity contribution in [2.75, 3.05) is 7.05 Å². The van der Waals surface area contributed by atoms with Crippen molar-refractivity contribution in [3.05, 3.63) is 64.0 Å². The first-order valence-corrected chi connectivity index (χ1v) is 9.61. The van der Waals surface area contributed by atoms with Crippen molar-refractivity contribution in [1.82, 2.24) is 9.47 Å². The second kappa shape index (κ2) is 7.84. The molecule has 1 heterocycles. The Kier molecular flexibility index (Phi) is 5.51. The lowest BCUT2D eigenvalue weighted by Gasteiger charge is -2.25. The van der Waals surface area contributed by atoms with E-state index in [0.717, 1.165) is 42.8 Å². The molecule has 0 saturated carbocycles. The summed E-state index contributed by atoms with van der Waals surface area (Å²) in [5, 5.41) is 9.64. The summed E-state index contributed by atoms with van der Waals surface area (Å²) in [5.41, 5.74) is 5.90. The molecule has 0 bridgehead atoms. The highest BCUT2D eigenvalue weighted by atomic mass is 16.2. The number of amides is 1. The predicted molar refractivity (Wildman–Crippen MR) is 108 cm³/mol. The summed E-state index contributed by atoms with van der Waals surface area (Å²) < 4.78 is 2.24. The molecular weight excluding hydrogens is 334 g/mol. The first-order chi connectivity index (χ1) is 13.0. The van der Waals surface area contributed by atoms with Crippen LogP contribution in [-0.4, -0.2) is 22.4 Å². The third-order valence-electron chi connectivity index (χ3n) is 5.60. The van der Waals surface area contributed by atoms with Gasteiger partial charge in [-0.1, -0.05) is 31.2 Å². The summed E-state index contributed by atoms with van der Waals surface area (Å²) in [7, 11) is 1.81. The summed E-state index contributed by atoms with van der Waals surface area (Å²) in [6.07, 6.45) is 4.68. The number of rotatable bonds is 5. The zero-order valence-corrected chi connectivity index (χ0v) is 16.6. The third-order valence-corrected chi connectivity index (χ3v) is 5.60. The second-order valence-electron chi connectivity index (χ2n) is 7.32. The van der Waals surface area contributed by atoms with Crippen LogP contribution in [0.1, 0.15) is 53.9 Å². The fraction of sp³-hybridized carbons (Fsp3) is 0.391. The van der Waals surface area contributed by atoms with Gasteiger partial charge in [0, 0.05) is 25.0 Å². The SMILES string of the molecule is CCCn1c(C)cc(/C=C(\C#N)C(=O)N(C)C2CCc3ccccc32)c1C. The van der Waals surface area contributed by atoms with Gasteiger partial charge < -0.3 is 9.47 Å². The lowest BCUT2D eigenvalue weighted by Crippen LogP contribution is -2.31. The number of carbonyl (C=O) groups excluding carboxylic acids is 1. The van der Waals surface area contributed by atoms with Crippen molar-refractivity contribution in [2.24, 2.45) is 0 Å². The number of hydrogen-bond acceptors (Lipinski definition) is 2. The topological polar surface area (TPSA) is 49.0 Å². The molecule has 0 aliphatic heterocycles. The molecule has 27 heavy (non-hydrogen) atoms. The van der Waals surface area contributed by atoms with E-state index in [4.69, 9.17) is 0 Å². The summed E-state index contributed by atoms with van der Waals surface area (Å²) >= 11 is 0. The fourth-order valence-electron chi connectivity index (χ4n) is 4.11. The molecule has 1 aromatic carbocycles. The highest BCUT2D eigenvalue weighted by Crippen LogP contribution is 2.35. The molecule has 1 aromatic heterocycles. The zero-order valence-electron chi connectivity index (χ0n) is 16.6. The number of hydrogen-bond donors (Lipinski definition) is 0. The highest BCUT2D eigenvalue weighted by molar-refractivity contribution is 6.02.